The fourth-order valence-corrected chi connectivity index (χ4v) is 3.28. The quantitative estimate of drug-likeness (QED) is 0.830. The molecular weight excluding hydrogens is 324 g/mol. The highest BCUT2D eigenvalue weighted by Crippen LogP contribution is 2.12. The maximum atomic E-state index is 12.5. The average Bonchev–Trinajstić information content (AvgIpc) is 2.69. The summed E-state index contributed by atoms with van der Waals surface area (Å²) in [5, 5.41) is 0. The van der Waals surface area contributed by atoms with Crippen LogP contribution < -0.4 is 0 Å². The minimum absolute atomic E-state index is 0.0566. The summed E-state index contributed by atoms with van der Waals surface area (Å²) in [5.41, 5.74) is 3.14. The molecule has 0 aliphatic carbocycles. The number of nitrogens with zero attached hydrogens (tertiary/aromatic N) is 2. The molecule has 0 saturated carbocycles. The van der Waals surface area contributed by atoms with Crippen molar-refractivity contribution in [2.75, 3.05) is 26.2 Å². The van der Waals surface area contributed by atoms with Crippen LogP contribution in [0.2, 0.25) is 0 Å². The summed E-state index contributed by atoms with van der Waals surface area (Å²) in [5.74, 6) is 0.254. The fourth-order valence-electron chi connectivity index (χ4n) is 3.28. The molecule has 1 saturated heterocycles. The zero-order chi connectivity index (χ0) is 18.4. The van der Waals surface area contributed by atoms with Gasteiger partial charge < -0.3 is 9.80 Å². The Morgan fingerprint density at radius 2 is 1.46 bits per heavy atom. The van der Waals surface area contributed by atoms with E-state index in [2.05, 4.69) is 12.1 Å². The summed E-state index contributed by atoms with van der Waals surface area (Å²) in [4.78, 5) is 28.7. The number of hydrogen-bond acceptors (Lipinski definition) is 2. The number of rotatable bonds is 5. The van der Waals surface area contributed by atoms with Gasteiger partial charge in [0, 0.05) is 38.2 Å². The Morgan fingerprint density at radius 1 is 0.846 bits per heavy atom. The number of benzene rings is 2. The second-order valence-electron chi connectivity index (χ2n) is 6.88. The monoisotopic (exact) mass is 350 g/mol. The van der Waals surface area contributed by atoms with E-state index in [1.807, 2.05) is 59.2 Å². The van der Waals surface area contributed by atoms with Gasteiger partial charge in [0.05, 0.1) is 0 Å². The Kier molecular flexibility index (Phi) is 6.05. The van der Waals surface area contributed by atoms with Gasteiger partial charge in [-0.2, -0.15) is 0 Å². The summed E-state index contributed by atoms with van der Waals surface area (Å²) in [7, 11) is 0. The first-order chi connectivity index (χ1) is 12.6. The highest BCUT2D eigenvalue weighted by molar-refractivity contribution is 5.94. The lowest BCUT2D eigenvalue weighted by Gasteiger charge is -2.35. The van der Waals surface area contributed by atoms with Gasteiger partial charge in [-0.3, -0.25) is 9.59 Å². The van der Waals surface area contributed by atoms with Crippen LogP contribution in [-0.4, -0.2) is 47.8 Å². The van der Waals surface area contributed by atoms with Gasteiger partial charge in [-0.25, -0.2) is 0 Å². The predicted octanol–water partition coefficient (Wildman–Crippen LogP) is 3.30. The minimum Gasteiger partial charge on any atom is -0.339 e. The molecule has 2 aromatic rings. The van der Waals surface area contributed by atoms with Gasteiger partial charge in [-0.05, 0) is 37.5 Å². The highest BCUT2D eigenvalue weighted by atomic mass is 16.2. The zero-order valence-electron chi connectivity index (χ0n) is 15.4. The van der Waals surface area contributed by atoms with Gasteiger partial charge in [-0.1, -0.05) is 48.0 Å². The molecule has 26 heavy (non-hydrogen) atoms. The lowest BCUT2D eigenvalue weighted by Crippen LogP contribution is -2.50. The SMILES string of the molecule is Cc1ccc(C(=O)N2CCN(C(=O)CCCc3ccccc3)CC2)cc1. The Hall–Kier alpha value is -2.62. The van der Waals surface area contributed by atoms with E-state index in [0.29, 0.717) is 32.6 Å². The molecule has 4 nitrogen and oxygen atoms in total. The number of carbonyl (C=O) groups excluding carboxylic acids is 2. The van der Waals surface area contributed by atoms with E-state index in [4.69, 9.17) is 0 Å². The van der Waals surface area contributed by atoms with Crippen molar-refractivity contribution in [3.05, 3.63) is 71.3 Å². The third-order valence-corrected chi connectivity index (χ3v) is 4.92. The molecule has 1 fully saturated rings. The summed E-state index contributed by atoms with van der Waals surface area (Å²) in [6.07, 6.45) is 2.37. The molecule has 0 radical (unpaired) electrons. The molecule has 4 heteroatoms. The van der Waals surface area contributed by atoms with Crippen molar-refractivity contribution in [3.63, 3.8) is 0 Å². The molecule has 3 rings (SSSR count). The molecule has 0 bridgehead atoms. The first-order valence-electron chi connectivity index (χ1n) is 9.31. The maximum absolute atomic E-state index is 12.5. The maximum Gasteiger partial charge on any atom is 0.253 e. The van der Waals surface area contributed by atoms with Crippen molar-refractivity contribution in [1.29, 1.82) is 0 Å². The van der Waals surface area contributed by atoms with Gasteiger partial charge in [0.1, 0.15) is 0 Å². The van der Waals surface area contributed by atoms with Crippen LogP contribution in [0.15, 0.2) is 54.6 Å². The Morgan fingerprint density at radius 3 is 2.12 bits per heavy atom. The van der Waals surface area contributed by atoms with Crippen LogP contribution in [0.25, 0.3) is 0 Å². The summed E-state index contributed by atoms with van der Waals surface area (Å²) < 4.78 is 0. The van der Waals surface area contributed by atoms with Crippen LogP contribution in [0.4, 0.5) is 0 Å². The molecule has 0 N–H and O–H groups in total. The molecule has 2 amide bonds. The topological polar surface area (TPSA) is 40.6 Å². The second kappa shape index (κ2) is 8.65. The fraction of sp³-hybridized carbons (Fsp3) is 0.364. The number of amides is 2. The molecule has 1 aliphatic rings. The summed E-state index contributed by atoms with van der Waals surface area (Å²) >= 11 is 0. The predicted molar refractivity (Wildman–Crippen MR) is 103 cm³/mol. The van der Waals surface area contributed by atoms with Crippen LogP contribution in [0, 0.1) is 6.92 Å². The van der Waals surface area contributed by atoms with E-state index < -0.39 is 0 Å². The Labute approximate surface area is 155 Å². The molecule has 2 aromatic carbocycles. The van der Waals surface area contributed by atoms with E-state index in [-0.39, 0.29) is 11.8 Å². The molecule has 1 aliphatic heterocycles. The number of aryl methyl sites for hydroxylation is 2. The van der Waals surface area contributed by atoms with Gasteiger partial charge in [0.25, 0.3) is 5.91 Å². The standard InChI is InChI=1S/C22H26N2O2/c1-18-10-12-20(13-11-18)22(26)24-16-14-23(15-17-24)21(25)9-5-8-19-6-3-2-4-7-19/h2-4,6-7,10-13H,5,8-9,14-17H2,1H3. The van der Waals surface area contributed by atoms with Crippen molar-refractivity contribution >= 4 is 11.8 Å². The average molecular weight is 350 g/mol. The Balaban J connectivity index is 1.43. The number of piperazine rings is 1. The van der Waals surface area contributed by atoms with Crippen molar-refractivity contribution < 1.29 is 9.59 Å². The van der Waals surface area contributed by atoms with E-state index in [9.17, 15) is 9.59 Å². The molecule has 0 unspecified atom stereocenters. The van der Waals surface area contributed by atoms with Crippen molar-refractivity contribution in [1.82, 2.24) is 9.80 Å². The summed E-state index contributed by atoms with van der Waals surface area (Å²) in [6.45, 7) is 4.48. The Bertz CT molecular complexity index is 732. The highest BCUT2D eigenvalue weighted by Gasteiger charge is 2.24. The van der Waals surface area contributed by atoms with E-state index in [1.165, 1.54) is 5.56 Å². The third kappa shape index (κ3) is 4.72. The van der Waals surface area contributed by atoms with E-state index >= 15 is 0 Å². The van der Waals surface area contributed by atoms with Crippen molar-refractivity contribution in [3.8, 4) is 0 Å². The lowest BCUT2D eigenvalue weighted by atomic mass is 10.1. The number of carbonyl (C=O) groups is 2. The van der Waals surface area contributed by atoms with Crippen LogP contribution in [0.1, 0.15) is 34.3 Å². The van der Waals surface area contributed by atoms with Crippen LogP contribution in [0.5, 0.6) is 0 Å². The molecule has 1 heterocycles. The molecule has 0 spiro atoms. The van der Waals surface area contributed by atoms with Crippen LogP contribution in [-0.2, 0) is 11.2 Å². The van der Waals surface area contributed by atoms with Crippen LogP contribution >= 0.6 is 0 Å². The van der Waals surface area contributed by atoms with Gasteiger partial charge in [0.15, 0.2) is 0 Å². The first-order valence-corrected chi connectivity index (χ1v) is 9.31. The largest absolute Gasteiger partial charge is 0.339 e. The molecule has 0 atom stereocenters. The van der Waals surface area contributed by atoms with Crippen LogP contribution in [0.3, 0.4) is 0 Å². The molecule has 136 valence electrons. The first kappa shape index (κ1) is 18.2. The normalized spacial score (nSPS) is 14.3. The molecule has 0 aromatic heterocycles. The van der Waals surface area contributed by atoms with E-state index in [0.717, 1.165) is 24.0 Å². The van der Waals surface area contributed by atoms with Gasteiger partial charge in [0.2, 0.25) is 5.91 Å². The van der Waals surface area contributed by atoms with Crippen molar-refractivity contribution in [2.45, 2.75) is 26.2 Å². The lowest BCUT2D eigenvalue weighted by molar-refractivity contribution is -0.132. The third-order valence-electron chi connectivity index (χ3n) is 4.92. The van der Waals surface area contributed by atoms with E-state index in [1.54, 1.807) is 0 Å². The minimum atomic E-state index is 0.0566. The van der Waals surface area contributed by atoms with Gasteiger partial charge >= 0.3 is 0 Å². The second-order valence-corrected chi connectivity index (χ2v) is 6.88. The zero-order valence-corrected chi connectivity index (χ0v) is 15.4. The van der Waals surface area contributed by atoms with Gasteiger partial charge in [-0.15, -0.1) is 0 Å². The smallest absolute Gasteiger partial charge is 0.253 e. The number of hydrogen-bond donors (Lipinski definition) is 0. The molecular formula is C22H26N2O2. The van der Waals surface area contributed by atoms with Crippen molar-refractivity contribution in [2.24, 2.45) is 0 Å². The summed E-state index contributed by atoms with van der Waals surface area (Å²) in [6, 6.07) is 17.9.